The lowest BCUT2D eigenvalue weighted by Gasteiger charge is -2.37. The van der Waals surface area contributed by atoms with Gasteiger partial charge < -0.3 is 19.9 Å². The van der Waals surface area contributed by atoms with Crippen molar-refractivity contribution in [2.45, 2.75) is 45.9 Å². The van der Waals surface area contributed by atoms with E-state index in [2.05, 4.69) is 58.0 Å². The number of amides is 1. The van der Waals surface area contributed by atoms with E-state index in [1.807, 2.05) is 18.0 Å². The number of rotatable bonds is 5. The summed E-state index contributed by atoms with van der Waals surface area (Å²) in [6, 6.07) is 10.4. The molecule has 33 heavy (non-hydrogen) atoms. The van der Waals surface area contributed by atoms with E-state index in [4.69, 9.17) is 9.84 Å². The predicted octanol–water partition coefficient (Wildman–Crippen LogP) is 2.56. The molecule has 0 radical (unpaired) electrons. The fourth-order valence-electron chi connectivity index (χ4n) is 4.51. The number of carbonyl (C=O) groups excluding carboxylic acids is 1. The minimum absolute atomic E-state index is 0. The highest BCUT2D eigenvalue weighted by atomic mass is 127. The molecule has 4 rings (SSSR count). The standard InChI is InChI=1S/C24H34N6O2.HI/c1-18-21(19(2)30(27-18)17-20-8-5-4-6-9-20)16-26-24(25-3)29-13-11-28(12-14-29)23(31)22-10-7-15-32-22;/h4-6,8-9,22H,7,10-17H2,1-3H3,(H,25,26);1H. The average Bonchev–Trinajstić information content (AvgIpc) is 3.44. The number of nitrogens with zero attached hydrogens (tertiary/aromatic N) is 5. The Bertz CT molecular complexity index is 947. The van der Waals surface area contributed by atoms with Gasteiger partial charge in [0.2, 0.25) is 0 Å². The molecule has 1 aromatic heterocycles. The van der Waals surface area contributed by atoms with Crippen molar-refractivity contribution in [2.75, 3.05) is 39.8 Å². The van der Waals surface area contributed by atoms with Gasteiger partial charge in [-0.25, -0.2) is 0 Å². The molecule has 0 saturated carbocycles. The first-order chi connectivity index (χ1) is 15.6. The lowest BCUT2D eigenvalue weighted by Crippen LogP contribution is -2.55. The van der Waals surface area contributed by atoms with Crippen LogP contribution in [0.5, 0.6) is 0 Å². The van der Waals surface area contributed by atoms with E-state index >= 15 is 0 Å². The predicted molar refractivity (Wildman–Crippen MR) is 140 cm³/mol. The number of guanidine groups is 1. The number of ether oxygens (including phenoxy) is 1. The first-order valence-corrected chi connectivity index (χ1v) is 11.5. The summed E-state index contributed by atoms with van der Waals surface area (Å²) in [4.78, 5) is 21.2. The van der Waals surface area contributed by atoms with Crippen LogP contribution in [0, 0.1) is 13.8 Å². The fourth-order valence-corrected chi connectivity index (χ4v) is 4.51. The number of aryl methyl sites for hydroxylation is 1. The van der Waals surface area contributed by atoms with E-state index in [0.717, 1.165) is 44.1 Å². The molecule has 1 N–H and O–H groups in total. The zero-order valence-electron chi connectivity index (χ0n) is 19.8. The second-order valence-electron chi connectivity index (χ2n) is 8.51. The molecule has 9 heteroatoms. The zero-order valence-corrected chi connectivity index (χ0v) is 22.1. The number of carbonyl (C=O) groups is 1. The van der Waals surface area contributed by atoms with Crippen LogP contribution in [0.3, 0.4) is 0 Å². The van der Waals surface area contributed by atoms with E-state index in [0.29, 0.717) is 26.2 Å². The Labute approximate surface area is 213 Å². The van der Waals surface area contributed by atoms with Crippen molar-refractivity contribution in [1.29, 1.82) is 0 Å². The molecule has 2 fully saturated rings. The number of piperazine rings is 1. The van der Waals surface area contributed by atoms with Gasteiger partial charge in [-0.3, -0.25) is 14.5 Å². The monoisotopic (exact) mass is 566 g/mol. The van der Waals surface area contributed by atoms with E-state index < -0.39 is 0 Å². The Morgan fingerprint density at radius 1 is 1.15 bits per heavy atom. The van der Waals surface area contributed by atoms with Crippen LogP contribution >= 0.6 is 24.0 Å². The molecule has 1 amide bonds. The Kier molecular flexibility index (Phi) is 9.13. The quantitative estimate of drug-likeness (QED) is 0.342. The molecule has 1 unspecified atom stereocenters. The second-order valence-corrected chi connectivity index (χ2v) is 8.51. The van der Waals surface area contributed by atoms with Gasteiger partial charge in [-0.2, -0.15) is 5.10 Å². The maximum Gasteiger partial charge on any atom is 0.251 e. The van der Waals surface area contributed by atoms with Crippen molar-refractivity contribution < 1.29 is 9.53 Å². The summed E-state index contributed by atoms with van der Waals surface area (Å²) in [5, 5.41) is 8.26. The Hall–Kier alpha value is -2.14. The number of nitrogens with one attached hydrogen (secondary N) is 1. The van der Waals surface area contributed by atoms with Gasteiger partial charge in [0.25, 0.3) is 5.91 Å². The van der Waals surface area contributed by atoms with Gasteiger partial charge in [-0.15, -0.1) is 24.0 Å². The third-order valence-corrected chi connectivity index (χ3v) is 6.44. The molecular formula is C24H35IN6O2. The topological polar surface area (TPSA) is 75.0 Å². The summed E-state index contributed by atoms with van der Waals surface area (Å²) in [5.41, 5.74) is 4.65. The zero-order chi connectivity index (χ0) is 22.5. The lowest BCUT2D eigenvalue weighted by molar-refractivity contribution is -0.142. The van der Waals surface area contributed by atoms with Crippen molar-refractivity contribution in [2.24, 2.45) is 4.99 Å². The van der Waals surface area contributed by atoms with E-state index in [-0.39, 0.29) is 36.0 Å². The maximum absolute atomic E-state index is 12.6. The number of halogens is 1. The summed E-state index contributed by atoms with van der Waals surface area (Å²) in [6.45, 7) is 9.26. The Morgan fingerprint density at radius 2 is 1.85 bits per heavy atom. The SMILES string of the molecule is CN=C(NCc1c(C)nn(Cc2ccccc2)c1C)N1CCN(C(=O)C2CCCO2)CC1.I. The summed E-state index contributed by atoms with van der Waals surface area (Å²) in [6.07, 6.45) is 1.59. The van der Waals surface area contributed by atoms with Gasteiger partial charge >= 0.3 is 0 Å². The molecule has 2 aliphatic rings. The first-order valence-electron chi connectivity index (χ1n) is 11.5. The maximum atomic E-state index is 12.6. The van der Waals surface area contributed by atoms with Crippen LogP contribution in [0.25, 0.3) is 0 Å². The minimum atomic E-state index is -0.239. The van der Waals surface area contributed by atoms with Gasteiger partial charge in [0, 0.05) is 57.6 Å². The normalized spacial score (nSPS) is 18.9. The number of hydrogen-bond donors (Lipinski definition) is 1. The Balaban J connectivity index is 0.00000306. The van der Waals surface area contributed by atoms with Crippen molar-refractivity contribution in [3.8, 4) is 0 Å². The van der Waals surface area contributed by atoms with E-state index in [1.165, 1.54) is 16.8 Å². The summed E-state index contributed by atoms with van der Waals surface area (Å²) < 4.78 is 7.63. The summed E-state index contributed by atoms with van der Waals surface area (Å²) in [7, 11) is 1.81. The van der Waals surface area contributed by atoms with Crippen LogP contribution in [0.15, 0.2) is 35.3 Å². The van der Waals surface area contributed by atoms with Crippen LogP contribution in [0.2, 0.25) is 0 Å². The number of hydrogen-bond acceptors (Lipinski definition) is 4. The minimum Gasteiger partial charge on any atom is -0.368 e. The molecule has 180 valence electrons. The molecule has 2 aromatic rings. The van der Waals surface area contributed by atoms with Crippen LogP contribution in [0.4, 0.5) is 0 Å². The molecule has 1 aromatic carbocycles. The van der Waals surface area contributed by atoms with Gasteiger partial charge in [-0.05, 0) is 32.3 Å². The fraction of sp³-hybridized carbons (Fsp3) is 0.542. The summed E-state index contributed by atoms with van der Waals surface area (Å²) >= 11 is 0. The van der Waals surface area contributed by atoms with Gasteiger partial charge in [-0.1, -0.05) is 30.3 Å². The molecule has 0 bridgehead atoms. The number of aliphatic imine (C=N–C) groups is 1. The van der Waals surface area contributed by atoms with Crippen LogP contribution in [-0.2, 0) is 22.6 Å². The molecule has 3 heterocycles. The highest BCUT2D eigenvalue weighted by Crippen LogP contribution is 2.17. The first kappa shape index (κ1) is 25.5. The molecule has 0 spiro atoms. The molecular weight excluding hydrogens is 531 g/mol. The van der Waals surface area contributed by atoms with Crippen molar-refractivity contribution in [3.63, 3.8) is 0 Å². The van der Waals surface area contributed by atoms with Gasteiger partial charge in [0.05, 0.1) is 12.2 Å². The smallest absolute Gasteiger partial charge is 0.251 e. The lowest BCUT2D eigenvalue weighted by atomic mass is 10.2. The average molecular weight is 566 g/mol. The van der Waals surface area contributed by atoms with Crippen molar-refractivity contribution >= 4 is 35.8 Å². The van der Waals surface area contributed by atoms with Crippen LogP contribution in [0.1, 0.15) is 35.4 Å². The molecule has 1 atom stereocenters. The molecule has 0 aliphatic carbocycles. The summed E-state index contributed by atoms with van der Waals surface area (Å²) in [5.74, 6) is 1.01. The highest BCUT2D eigenvalue weighted by Gasteiger charge is 2.31. The van der Waals surface area contributed by atoms with Crippen molar-refractivity contribution in [1.82, 2.24) is 24.9 Å². The second kappa shape index (κ2) is 11.8. The number of benzene rings is 1. The van der Waals surface area contributed by atoms with E-state index in [9.17, 15) is 4.79 Å². The van der Waals surface area contributed by atoms with Crippen molar-refractivity contribution in [3.05, 3.63) is 52.8 Å². The van der Waals surface area contributed by atoms with Gasteiger partial charge in [0.1, 0.15) is 6.10 Å². The number of aromatic nitrogens is 2. The highest BCUT2D eigenvalue weighted by molar-refractivity contribution is 14.0. The molecule has 8 nitrogen and oxygen atoms in total. The van der Waals surface area contributed by atoms with Crippen LogP contribution < -0.4 is 5.32 Å². The largest absolute Gasteiger partial charge is 0.368 e. The third-order valence-electron chi connectivity index (χ3n) is 6.44. The van der Waals surface area contributed by atoms with E-state index in [1.54, 1.807) is 0 Å². The molecule has 2 aliphatic heterocycles. The molecule has 2 saturated heterocycles. The van der Waals surface area contributed by atoms with Gasteiger partial charge in [0.15, 0.2) is 5.96 Å². The Morgan fingerprint density at radius 3 is 2.48 bits per heavy atom. The third kappa shape index (κ3) is 6.06. The van der Waals surface area contributed by atoms with Crippen LogP contribution in [-0.4, -0.2) is 77.4 Å².